The average molecular weight is 383 g/mol. The van der Waals surface area contributed by atoms with Gasteiger partial charge in [-0.15, -0.1) is 0 Å². The van der Waals surface area contributed by atoms with E-state index in [0.717, 1.165) is 44.6 Å². The normalized spacial score (nSPS) is 26.0. The Morgan fingerprint density at radius 2 is 1.89 bits per heavy atom. The van der Waals surface area contributed by atoms with Crippen molar-refractivity contribution in [1.82, 2.24) is 15.0 Å². The highest BCUT2D eigenvalue weighted by Crippen LogP contribution is 2.25. The SMILES string of the molecule is Cc1ccc(-c2cc(C(=O)N3CCCC3CN3CC(C)OC(C)C3)on2)cc1. The number of hydrogen-bond donors (Lipinski definition) is 0. The lowest BCUT2D eigenvalue weighted by Crippen LogP contribution is -2.50. The Kier molecular flexibility index (Phi) is 5.51. The van der Waals surface area contributed by atoms with E-state index >= 15 is 0 Å². The predicted octanol–water partition coefficient (Wildman–Crippen LogP) is 3.36. The molecular weight excluding hydrogens is 354 g/mol. The molecule has 4 rings (SSSR count). The van der Waals surface area contributed by atoms with Gasteiger partial charge in [-0.2, -0.15) is 0 Å². The summed E-state index contributed by atoms with van der Waals surface area (Å²) in [6.07, 6.45) is 2.54. The van der Waals surface area contributed by atoms with Crippen LogP contribution in [0.2, 0.25) is 0 Å². The first-order valence-corrected chi connectivity index (χ1v) is 10.2. The second-order valence-corrected chi connectivity index (χ2v) is 8.21. The molecule has 2 aliphatic heterocycles. The van der Waals surface area contributed by atoms with Crippen LogP contribution in [0, 0.1) is 6.92 Å². The third kappa shape index (κ3) is 4.13. The van der Waals surface area contributed by atoms with E-state index in [9.17, 15) is 4.79 Å². The van der Waals surface area contributed by atoms with Crippen molar-refractivity contribution in [3.8, 4) is 11.3 Å². The molecule has 1 aromatic heterocycles. The Balaban J connectivity index is 1.44. The van der Waals surface area contributed by atoms with E-state index in [4.69, 9.17) is 9.26 Å². The molecule has 6 heteroatoms. The second kappa shape index (κ2) is 8.05. The summed E-state index contributed by atoms with van der Waals surface area (Å²) in [6.45, 7) is 9.78. The van der Waals surface area contributed by atoms with Gasteiger partial charge < -0.3 is 14.2 Å². The van der Waals surface area contributed by atoms with Crippen molar-refractivity contribution in [3.63, 3.8) is 0 Å². The van der Waals surface area contributed by atoms with Crippen LogP contribution in [0.1, 0.15) is 42.8 Å². The molecule has 1 amide bonds. The molecule has 0 N–H and O–H groups in total. The zero-order valence-electron chi connectivity index (χ0n) is 16.9. The van der Waals surface area contributed by atoms with Gasteiger partial charge in [-0.25, -0.2) is 0 Å². The molecule has 0 saturated carbocycles. The van der Waals surface area contributed by atoms with Crippen molar-refractivity contribution < 1.29 is 14.1 Å². The molecule has 2 aliphatic rings. The smallest absolute Gasteiger partial charge is 0.292 e. The Morgan fingerprint density at radius 1 is 1.18 bits per heavy atom. The molecule has 3 atom stereocenters. The molecule has 2 aromatic rings. The molecule has 0 bridgehead atoms. The maximum absolute atomic E-state index is 13.1. The first-order valence-electron chi connectivity index (χ1n) is 10.2. The number of rotatable bonds is 4. The van der Waals surface area contributed by atoms with Gasteiger partial charge in [0, 0.05) is 43.9 Å². The number of morpholine rings is 1. The quantitative estimate of drug-likeness (QED) is 0.810. The summed E-state index contributed by atoms with van der Waals surface area (Å²) in [7, 11) is 0. The Morgan fingerprint density at radius 3 is 2.61 bits per heavy atom. The van der Waals surface area contributed by atoms with Crippen LogP contribution in [0.25, 0.3) is 11.3 Å². The zero-order chi connectivity index (χ0) is 19.7. The molecular formula is C22H29N3O3. The molecule has 3 unspecified atom stereocenters. The number of likely N-dealkylation sites (tertiary alicyclic amines) is 1. The minimum atomic E-state index is -0.0530. The highest BCUT2D eigenvalue weighted by atomic mass is 16.5. The van der Waals surface area contributed by atoms with Crippen molar-refractivity contribution in [2.24, 2.45) is 0 Å². The number of hydrogen-bond acceptors (Lipinski definition) is 5. The van der Waals surface area contributed by atoms with Gasteiger partial charge in [-0.05, 0) is 33.6 Å². The molecule has 0 spiro atoms. The second-order valence-electron chi connectivity index (χ2n) is 8.21. The molecule has 6 nitrogen and oxygen atoms in total. The molecule has 0 radical (unpaired) electrons. The first-order chi connectivity index (χ1) is 13.5. The summed E-state index contributed by atoms with van der Waals surface area (Å²) >= 11 is 0. The zero-order valence-corrected chi connectivity index (χ0v) is 16.9. The minimum Gasteiger partial charge on any atom is -0.373 e. The fourth-order valence-electron chi connectivity index (χ4n) is 4.40. The highest BCUT2D eigenvalue weighted by molar-refractivity contribution is 5.92. The van der Waals surface area contributed by atoms with Crippen molar-refractivity contribution in [3.05, 3.63) is 41.7 Å². The lowest BCUT2D eigenvalue weighted by Gasteiger charge is -2.38. The summed E-state index contributed by atoms with van der Waals surface area (Å²) in [5, 5.41) is 4.12. The standard InChI is InChI=1S/C22H29N3O3/c1-15-6-8-18(9-7-15)20-11-21(28-23-20)22(26)25-10-4-5-19(25)14-24-12-16(2)27-17(3)13-24/h6-9,11,16-17,19H,4-5,10,12-14H2,1-3H3. The fourth-order valence-corrected chi connectivity index (χ4v) is 4.40. The Bertz CT molecular complexity index is 807. The summed E-state index contributed by atoms with van der Waals surface area (Å²) < 4.78 is 11.3. The molecule has 150 valence electrons. The van der Waals surface area contributed by atoms with Gasteiger partial charge in [0.15, 0.2) is 0 Å². The van der Waals surface area contributed by atoms with E-state index < -0.39 is 0 Å². The monoisotopic (exact) mass is 383 g/mol. The number of amides is 1. The third-order valence-electron chi connectivity index (χ3n) is 5.67. The number of ether oxygens (including phenoxy) is 1. The van der Waals surface area contributed by atoms with Gasteiger partial charge in [0.1, 0.15) is 5.69 Å². The number of carbonyl (C=O) groups is 1. The van der Waals surface area contributed by atoms with Crippen LogP contribution in [0.5, 0.6) is 0 Å². The Hall–Kier alpha value is -2.18. The third-order valence-corrected chi connectivity index (χ3v) is 5.67. The van der Waals surface area contributed by atoms with E-state index in [1.54, 1.807) is 6.07 Å². The van der Waals surface area contributed by atoms with Crippen molar-refractivity contribution in [2.45, 2.75) is 51.9 Å². The molecule has 2 fully saturated rings. The van der Waals surface area contributed by atoms with Crippen LogP contribution in [0.15, 0.2) is 34.9 Å². The molecule has 2 saturated heterocycles. The number of aryl methyl sites for hydroxylation is 1. The van der Waals surface area contributed by atoms with E-state index in [1.807, 2.05) is 36.1 Å². The summed E-state index contributed by atoms with van der Waals surface area (Å²) in [6, 6.07) is 10.1. The minimum absolute atomic E-state index is 0.0530. The summed E-state index contributed by atoms with van der Waals surface area (Å²) in [5.41, 5.74) is 2.85. The van der Waals surface area contributed by atoms with Crippen LogP contribution in [0.3, 0.4) is 0 Å². The van der Waals surface area contributed by atoms with Gasteiger partial charge >= 0.3 is 0 Å². The lowest BCUT2D eigenvalue weighted by molar-refractivity contribution is -0.0715. The van der Waals surface area contributed by atoms with Crippen LogP contribution in [-0.2, 0) is 4.74 Å². The van der Waals surface area contributed by atoms with Crippen molar-refractivity contribution in [2.75, 3.05) is 26.2 Å². The lowest BCUT2D eigenvalue weighted by atomic mass is 10.1. The maximum atomic E-state index is 13.1. The van der Waals surface area contributed by atoms with Gasteiger partial charge in [-0.3, -0.25) is 9.69 Å². The molecule has 1 aromatic carbocycles. The van der Waals surface area contributed by atoms with Gasteiger partial charge in [0.2, 0.25) is 5.76 Å². The maximum Gasteiger partial charge on any atom is 0.292 e. The van der Waals surface area contributed by atoms with E-state index in [0.29, 0.717) is 11.5 Å². The van der Waals surface area contributed by atoms with Crippen LogP contribution in [-0.4, -0.2) is 65.3 Å². The van der Waals surface area contributed by atoms with Crippen molar-refractivity contribution >= 4 is 5.91 Å². The van der Waals surface area contributed by atoms with Gasteiger partial charge in [0.25, 0.3) is 5.91 Å². The summed E-state index contributed by atoms with van der Waals surface area (Å²) in [4.78, 5) is 17.5. The summed E-state index contributed by atoms with van der Waals surface area (Å²) in [5.74, 6) is 0.272. The van der Waals surface area contributed by atoms with Gasteiger partial charge in [0.05, 0.1) is 12.2 Å². The van der Waals surface area contributed by atoms with Crippen LogP contribution < -0.4 is 0 Å². The largest absolute Gasteiger partial charge is 0.373 e. The Labute approximate surface area is 166 Å². The van der Waals surface area contributed by atoms with E-state index in [1.165, 1.54) is 5.56 Å². The first kappa shape index (κ1) is 19.2. The average Bonchev–Trinajstić information content (AvgIpc) is 3.31. The fraction of sp³-hybridized carbons (Fsp3) is 0.545. The molecule has 28 heavy (non-hydrogen) atoms. The van der Waals surface area contributed by atoms with E-state index in [2.05, 4.69) is 23.9 Å². The van der Waals surface area contributed by atoms with Crippen LogP contribution >= 0.6 is 0 Å². The topological polar surface area (TPSA) is 58.8 Å². The number of nitrogens with zero attached hydrogens (tertiary/aromatic N) is 3. The van der Waals surface area contributed by atoms with Crippen molar-refractivity contribution in [1.29, 1.82) is 0 Å². The molecule has 3 heterocycles. The number of carbonyl (C=O) groups excluding carboxylic acids is 1. The predicted molar refractivity (Wildman–Crippen MR) is 107 cm³/mol. The van der Waals surface area contributed by atoms with Gasteiger partial charge in [-0.1, -0.05) is 35.0 Å². The van der Waals surface area contributed by atoms with Crippen LogP contribution in [0.4, 0.5) is 0 Å². The molecule has 0 aliphatic carbocycles. The van der Waals surface area contributed by atoms with E-state index in [-0.39, 0.29) is 24.2 Å². The number of benzene rings is 1. The number of aromatic nitrogens is 1. The highest BCUT2D eigenvalue weighted by Gasteiger charge is 2.34.